The lowest BCUT2D eigenvalue weighted by atomic mass is 9.77. The summed E-state index contributed by atoms with van der Waals surface area (Å²) in [6.07, 6.45) is 0.0745. The minimum atomic E-state index is -0.633. The van der Waals surface area contributed by atoms with E-state index in [4.69, 9.17) is 5.73 Å². The van der Waals surface area contributed by atoms with Gasteiger partial charge < -0.3 is 15.7 Å². The van der Waals surface area contributed by atoms with Gasteiger partial charge in [-0.3, -0.25) is 14.7 Å². The largest absolute Gasteiger partial charge is 0.389 e. The molecule has 7 nitrogen and oxygen atoms in total. The minimum absolute atomic E-state index is 0.0829. The number of hydrogen-bond acceptors (Lipinski definition) is 6. The van der Waals surface area contributed by atoms with Crippen LogP contribution in [0.5, 0.6) is 0 Å². The third-order valence-electron chi connectivity index (χ3n) is 4.85. The Morgan fingerprint density at radius 1 is 1.38 bits per heavy atom. The van der Waals surface area contributed by atoms with E-state index in [1.54, 1.807) is 0 Å². The van der Waals surface area contributed by atoms with Crippen molar-refractivity contribution >= 4 is 11.8 Å². The SMILES string of the molecule is CN(C)[C@]1(c2ccccc2)CCN(c2cc(=O)[nH]c(N)n2)C[C@H]1O. The summed E-state index contributed by atoms with van der Waals surface area (Å²) in [5, 5.41) is 11.0. The molecule has 1 aromatic heterocycles. The van der Waals surface area contributed by atoms with Crippen molar-refractivity contribution < 1.29 is 5.11 Å². The lowest BCUT2D eigenvalue weighted by molar-refractivity contribution is -0.0246. The van der Waals surface area contributed by atoms with Crippen LogP contribution in [0.3, 0.4) is 0 Å². The fourth-order valence-electron chi connectivity index (χ4n) is 3.60. The molecule has 4 N–H and O–H groups in total. The second-order valence-corrected chi connectivity index (χ2v) is 6.39. The molecule has 0 aliphatic carbocycles. The van der Waals surface area contributed by atoms with Gasteiger partial charge in [-0.2, -0.15) is 4.98 Å². The summed E-state index contributed by atoms with van der Waals surface area (Å²) in [5.74, 6) is 0.579. The quantitative estimate of drug-likeness (QED) is 0.753. The minimum Gasteiger partial charge on any atom is -0.389 e. The molecule has 2 heterocycles. The number of aliphatic hydroxyl groups excluding tert-OH is 1. The fourth-order valence-corrected chi connectivity index (χ4v) is 3.60. The van der Waals surface area contributed by atoms with Crippen LogP contribution in [0.25, 0.3) is 0 Å². The zero-order valence-corrected chi connectivity index (χ0v) is 13.9. The van der Waals surface area contributed by atoms with Gasteiger partial charge in [0.1, 0.15) is 5.82 Å². The molecule has 1 aliphatic heterocycles. The number of rotatable bonds is 3. The number of aromatic amines is 1. The normalized spacial score (nSPS) is 24.3. The smallest absolute Gasteiger partial charge is 0.254 e. The summed E-state index contributed by atoms with van der Waals surface area (Å²) in [4.78, 5) is 22.2. The zero-order chi connectivity index (χ0) is 17.3. The fraction of sp³-hybridized carbons (Fsp3) is 0.412. The van der Waals surface area contributed by atoms with Gasteiger partial charge in [-0.1, -0.05) is 30.3 Å². The lowest BCUT2D eigenvalue weighted by Gasteiger charge is -2.50. The number of benzene rings is 1. The van der Waals surface area contributed by atoms with Crippen LogP contribution in [0.2, 0.25) is 0 Å². The molecular formula is C17H23N5O2. The van der Waals surface area contributed by atoms with E-state index in [2.05, 4.69) is 14.9 Å². The first-order valence-electron chi connectivity index (χ1n) is 7.96. The van der Waals surface area contributed by atoms with Crippen LogP contribution in [-0.4, -0.2) is 53.3 Å². The van der Waals surface area contributed by atoms with E-state index in [1.165, 1.54) is 6.07 Å². The molecule has 0 radical (unpaired) electrons. The number of β-amino-alcohol motifs (C(OH)–C–C–N with tert-alkyl or cyclic N) is 1. The van der Waals surface area contributed by atoms with Gasteiger partial charge in [0, 0.05) is 19.2 Å². The van der Waals surface area contributed by atoms with Crippen LogP contribution in [0.4, 0.5) is 11.8 Å². The molecule has 7 heteroatoms. The van der Waals surface area contributed by atoms with Gasteiger partial charge in [-0.15, -0.1) is 0 Å². The summed E-state index contributed by atoms with van der Waals surface area (Å²) in [6.45, 7) is 1.04. The van der Waals surface area contributed by atoms with E-state index in [0.29, 0.717) is 25.3 Å². The Kier molecular flexibility index (Phi) is 4.29. The predicted molar refractivity (Wildman–Crippen MR) is 93.9 cm³/mol. The van der Waals surface area contributed by atoms with Gasteiger partial charge in [-0.05, 0) is 26.1 Å². The summed E-state index contributed by atoms with van der Waals surface area (Å²) < 4.78 is 0. The highest BCUT2D eigenvalue weighted by atomic mass is 16.3. The van der Waals surface area contributed by atoms with E-state index in [0.717, 1.165) is 5.56 Å². The first-order chi connectivity index (χ1) is 11.4. The van der Waals surface area contributed by atoms with Crippen molar-refractivity contribution in [2.75, 3.05) is 37.8 Å². The molecule has 3 rings (SSSR count). The Hall–Kier alpha value is -2.38. The molecule has 0 amide bonds. The second kappa shape index (κ2) is 6.26. The molecule has 1 aromatic carbocycles. The highest BCUT2D eigenvalue weighted by Crippen LogP contribution is 2.38. The topological polar surface area (TPSA) is 98.5 Å². The Bertz CT molecular complexity index is 761. The molecule has 0 bridgehead atoms. The van der Waals surface area contributed by atoms with E-state index in [1.807, 2.05) is 49.3 Å². The van der Waals surface area contributed by atoms with E-state index in [-0.39, 0.29) is 11.5 Å². The monoisotopic (exact) mass is 329 g/mol. The summed E-state index contributed by atoms with van der Waals surface area (Å²) >= 11 is 0. The van der Waals surface area contributed by atoms with Crippen molar-refractivity contribution in [3.05, 3.63) is 52.3 Å². The number of aromatic nitrogens is 2. The first kappa shape index (κ1) is 16.5. The zero-order valence-electron chi connectivity index (χ0n) is 13.9. The molecule has 128 valence electrons. The standard InChI is InChI=1S/C17H23N5O2/c1-21(2)17(12-6-4-3-5-7-12)8-9-22(11-13(17)23)14-10-15(24)20-16(18)19-14/h3-7,10,13,23H,8-9,11H2,1-2H3,(H3,18,19,20,24)/t13-,17+/m1/s1. The highest BCUT2D eigenvalue weighted by molar-refractivity contribution is 5.43. The maximum Gasteiger partial charge on any atom is 0.254 e. The second-order valence-electron chi connectivity index (χ2n) is 6.39. The third kappa shape index (κ3) is 2.76. The molecule has 0 saturated carbocycles. The first-order valence-corrected chi connectivity index (χ1v) is 7.96. The van der Waals surface area contributed by atoms with Crippen molar-refractivity contribution in [2.24, 2.45) is 0 Å². The van der Waals surface area contributed by atoms with Crippen molar-refractivity contribution in [3.63, 3.8) is 0 Å². The number of nitrogen functional groups attached to an aromatic ring is 1. The molecule has 24 heavy (non-hydrogen) atoms. The van der Waals surface area contributed by atoms with Gasteiger partial charge >= 0.3 is 0 Å². The van der Waals surface area contributed by atoms with Crippen LogP contribution < -0.4 is 16.2 Å². The molecular weight excluding hydrogens is 306 g/mol. The average molecular weight is 329 g/mol. The molecule has 2 aromatic rings. The number of likely N-dealkylation sites (N-methyl/N-ethyl adjacent to an activating group) is 1. The number of piperidine rings is 1. The Morgan fingerprint density at radius 2 is 2.08 bits per heavy atom. The maximum absolute atomic E-state index is 11.6. The van der Waals surface area contributed by atoms with Gasteiger partial charge in [-0.25, -0.2) is 0 Å². The maximum atomic E-state index is 11.6. The third-order valence-corrected chi connectivity index (χ3v) is 4.85. The highest BCUT2D eigenvalue weighted by Gasteiger charge is 2.45. The van der Waals surface area contributed by atoms with Crippen LogP contribution in [0, 0.1) is 0 Å². The number of hydrogen-bond donors (Lipinski definition) is 3. The van der Waals surface area contributed by atoms with Crippen LogP contribution >= 0.6 is 0 Å². The lowest BCUT2D eigenvalue weighted by Crippen LogP contribution is -2.60. The van der Waals surface area contributed by atoms with Crippen LogP contribution in [0.1, 0.15) is 12.0 Å². The summed E-state index contributed by atoms with van der Waals surface area (Å²) in [5.41, 5.74) is 5.95. The van der Waals surface area contributed by atoms with Crippen LogP contribution in [-0.2, 0) is 5.54 Å². The number of nitrogens with two attached hydrogens (primary N) is 1. The number of aliphatic hydroxyl groups is 1. The van der Waals surface area contributed by atoms with Gasteiger partial charge in [0.25, 0.3) is 5.56 Å². The van der Waals surface area contributed by atoms with Gasteiger partial charge in [0.15, 0.2) is 0 Å². The molecule has 1 aliphatic rings. The Balaban J connectivity index is 1.92. The van der Waals surface area contributed by atoms with Gasteiger partial charge in [0.05, 0.1) is 11.6 Å². The predicted octanol–water partition coefficient (Wildman–Crippen LogP) is 0.380. The number of anilines is 2. The Morgan fingerprint density at radius 3 is 2.67 bits per heavy atom. The van der Waals surface area contributed by atoms with Crippen molar-refractivity contribution in [1.29, 1.82) is 0 Å². The molecule has 1 fully saturated rings. The van der Waals surface area contributed by atoms with Gasteiger partial charge in [0.2, 0.25) is 5.95 Å². The molecule has 1 saturated heterocycles. The van der Waals surface area contributed by atoms with Crippen molar-refractivity contribution in [2.45, 2.75) is 18.1 Å². The van der Waals surface area contributed by atoms with Crippen molar-refractivity contribution in [3.8, 4) is 0 Å². The van der Waals surface area contributed by atoms with E-state index in [9.17, 15) is 9.90 Å². The number of nitrogens with zero attached hydrogens (tertiary/aromatic N) is 3. The summed E-state index contributed by atoms with van der Waals surface area (Å²) in [6, 6.07) is 11.4. The van der Waals surface area contributed by atoms with E-state index < -0.39 is 11.6 Å². The van der Waals surface area contributed by atoms with E-state index >= 15 is 0 Å². The Labute approximate surface area is 140 Å². The number of H-pyrrole nitrogens is 1. The van der Waals surface area contributed by atoms with Crippen LogP contribution in [0.15, 0.2) is 41.2 Å². The molecule has 0 spiro atoms. The molecule has 0 unspecified atom stereocenters. The summed E-state index contributed by atoms with van der Waals surface area (Å²) in [7, 11) is 3.96. The van der Waals surface area contributed by atoms with Crippen molar-refractivity contribution in [1.82, 2.24) is 14.9 Å². The number of nitrogens with one attached hydrogen (secondary N) is 1. The molecule has 2 atom stereocenters. The average Bonchev–Trinajstić information content (AvgIpc) is 2.54.